The molecule has 0 atom stereocenters. The third kappa shape index (κ3) is 3.07. The van der Waals surface area contributed by atoms with E-state index in [0.29, 0.717) is 11.8 Å². The molecule has 1 aromatic heterocycles. The molecule has 1 heterocycles. The number of hydrogen-bond acceptors (Lipinski definition) is 5. The molecule has 17 heavy (non-hydrogen) atoms. The van der Waals surface area contributed by atoms with Crippen LogP contribution in [0.1, 0.15) is 31.2 Å². The Morgan fingerprint density at radius 1 is 1.47 bits per heavy atom. The summed E-state index contributed by atoms with van der Waals surface area (Å²) in [5.74, 6) is -2.32. The molecule has 2 rings (SSSR count). The van der Waals surface area contributed by atoms with Crippen LogP contribution in [0.2, 0.25) is 0 Å². The van der Waals surface area contributed by atoms with Gasteiger partial charge >= 0.3 is 0 Å². The molecule has 0 saturated heterocycles. The molecule has 3 nitrogen and oxygen atoms in total. The fourth-order valence-corrected chi connectivity index (χ4v) is 3.20. The topological polar surface area (TPSA) is 45.9 Å². The first-order valence-electron chi connectivity index (χ1n) is 5.22. The van der Waals surface area contributed by atoms with Gasteiger partial charge in [-0.05, 0) is 49.0 Å². The number of hydrogen-bond donors (Lipinski definition) is 0. The van der Waals surface area contributed by atoms with Crippen molar-refractivity contribution in [2.75, 3.05) is 0 Å². The molecule has 0 N–H and O–H groups in total. The fraction of sp³-hybridized carbons (Fsp3) is 0.600. The highest BCUT2D eigenvalue weighted by atomic mass is 32.2. The number of thioether (sulfide) groups is 1. The third-order valence-electron chi connectivity index (χ3n) is 2.52. The van der Waals surface area contributed by atoms with Crippen molar-refractivity contribution in [3.05, 3.63) is 5.56 Å². The Labute approximate surface area is 106 Å². The van der Waals surface area contributed by atoms with Gasteiger partial charge in [-0.15, -0.1) is 0 Å². The molecule has 0 radical (unpaired) electrons. The summed E-state index contributed by atoms with van der Waals surface area (Å²) in [6.07, 6.45) is 4.18. The highest BCUT2D eigenvalue weighted by molar-refractivity contribution is 8.01. The Morgan fingerprint density at radius 2 is 2.18 bits per heavy atom. The van der Waals surface area contributed by atoms with Gasteiger partial charge < -0.3 is 4.74 Å². The summed E-state index contributed by atoms with van der Waals surface area (Å²) < 4.78 is 34.2. The van der Waals surface area contributed by atoms with Crippen LogP contribution < -0.4 is 4.74 Å². The molecule has 1 aliphatic carbocycles. The van der Waals surface area contributed by atoms with Crippen LogP contribution in [0.5, 0.6) is 5.88 Å². The minimum absolute atomic E-state index is 0.0774. The Balaban J connectivity index is 2.11. The van der Waals surface area contributed by atoms with E-state index < -0.39 is 5.76 Å². The lowest BCUT2D eigenvalue weighted by atomic mass is 10.3. The Bertz CT molecular complexity index is 424. The summed E-state index contributed by atoms with van der Waals surface area (Å²) >= 11 is 1.25. The average Bonchev–Trinajstić information content (AvgIpc) is 2.89. The van der Waals surface area contributed by atoms with Crippen molar-refractivity contribution in [1.82, 2.24) is 4.37 Å². The van der Waals surface area contributed by atoms with E-state index in [1.807, 2.05) is 6.07 Å². The number of ether oxygens (including phenoxy) is 1. The molecule has 0 spiro atoms. The van der Waals surface area contributed by atoms with Gasteiger partial charge in [0.2, 0.25) is 5.88 Å². The van der Waals surface area contributed by atoms with E-state index in [1.54, 1.807) is 0 Å². The smallest absolute Gasteiger partial charge is 0.289 e. The maximum Gasteiger partial charge on any atom is 0.289 e. The second-order valence-electron chi connectivity index (χ2n) is 3.66. The molecule has 0 aliphatic heterocycles. The van der Waals surface area contributed by atoms with Crippen LogP contribution in [0.15, 0.2) is 4.21 Å². The van der Waals surface area contributed by atoms with Crippen LogP contribution in [0.4, 0.5) is 8.78 Å². The average molecular weight is 276 g/mol. The first-order chi connectivity index (χ1) is 8.20. The molecular weight excluding hydrogens is 266 g/mol. The summed E-state index contributed by atoms with van der Waals surface area (Å²) in [7, 11) is 0. The number of aromatic nitrogens is 1. The van der Waals surface area contributed by atoms with Gasteiger partial charge in [0.25, 0.3) is 5.76 Å². The zero-order chi connectivity index (χ0) is 12.3. The van der Waals surface area contributed by atoms with Gasteiger partial charge in [0.1, 0.15) is 21.9 Å². The Kier molecular flexibility index (Phi) is 4.18. The van der Waals surface area contributed by atoms with E-state index >= 15 is 0 Å². The van der Waals surface area contributed by atoms with Crippen molar-refractivity contribution in [1.29, 1.82) is 5.26 Å². The van der Waals surface area contributed by atoms with E-state index in [0.717, 1.165) is 37.2 Å². The largest absolute Gasteiger partial charge is 0.473 e. The predicted molar refractivity (Wildman–Crippen MR) is 61.6 cm³/mol. The van der Waals surface area contributed by atoms with Crippen molar-refractivity contribution in [2.45, 2.75) is 41.8 Å². The van der Waals surface area contributed by atoms with E-state index in [4.69, 9.17) is 10.00 Å². The van der Waals surface area contributed by atoms with Crippen molar-refractivity contribution < 1.29 is 13.5 Å². The zero-order valence-electron chi connectivity index (χ0n) is 8.86. The molecule has 7 heteroatoms. The van der Waals surface area contributed by atoms with Crippen molar-refractivity contribution >= 4 is 23.3 Å². The molecule has 92 valence electrons. The minimum Gasteiger partial charge on any atom is -0.473 e. The van der Waals surface area contributed by atoms with Crippen LogP contribution in [0.25, 0.3) is 0 Å². The number of nitrogens with zero attached hydrogens (tertiary/aromatic N) is 2. The zero-order valence-corrected chi connectivity index (χ0v) is 10.5. The molecule has 0 unspecified atom stereocenters. The van der Waals surface area contributed by atoms with Crippen LogP contribution in [0.3, 0.4) is 0 Å². The lowest BCUT2D eigenvalue weighted by molar-refractivity contribution is 0.202. The second-order valence-corrected chi connectivity index (χ2v) is 5.70. The highest BCUT2D eigenvalue weighted by Crippen LogP contribution is 2.37. The second kappa shape index (κ2) is 5.65. The normalized spacial score (nSPS) is 16.4. The predicted octanol–water partition coefficient (Wildman–Crippen LogP) is 3.65. The van der Waals surface area contributed by atoms with Gasteiger partial charge in [-0.2, -0.15) is 18.4 Å². The van der Waals surface area contributed by atoms with Crippen molar-refractivity contribution in [2.24, 2.45) is 0 Å². The van der Waals surface area contributed by atoms with Gasteiger partial charge in [-0.3, -0.25) is 0 Å². The monoisotopic (exact) mass is 276 g/mol. The molecule has 1 aromatic rings. The standard InChI is InChI=1S/C10H10F2N2OS2/c11-10(12)16-9-7(5-13)8(14-17-9)15-6-3-1-2-4-6/h6,10H,1-4H2. The lowest BCUT2D eigenvalue weighted by Crippen LogP contribution is -2.11. The molecule has 0 bridgehead atoms. The van der Waals surface area contributed by atoms with E-state index in [-0.39, 0.29) is 21.8 Å². The van der Waals surface area contributed by atoms with Crippen LogP contribution in [-0.4, -0.2) is 16.2 Å². The minimum atomic E-state index is -2.54. The van der Waals surface area contributed by atoms with Crippen LogP contribution in [0, 0.1) is 11.3 Å². The molecule has 1 fully saturated rings. The maximum atomic E-state index is 12.2. The molecule has 0 aromatic carbocycles. The Morgan fingerprint density at radius 3 is 2.76 bits per heavy atom. The summed E-state index contributed by atoms with van der Waals surface area (Å²) in [4.78, 5) is 0. The van der Waals surface area contributed by atoms with Crippen molar-refractivity contribution in [3.63, 3.8) is 0 Å². The summed E-state index contributed by atoms with van der Waals surface area (Å²) in [5.41, 5.74) is 0.146. The SMILES string of the molecule is N#Cc1c(OC2CCCC2)nsc1SC(F)F. The van der Waals surface area contributed by atoms with E-state index in [2.05, 4.69) is 4.37 Å². The Hall–Kier alpha value is -0.870. The van der Waals surface area contributed by atoms with Crippen molar-refractivity contribution in [3.8, 4) is 11.9 Å². The van der Waals surface area contributed by atoms with Gasteiger partial charge in [0.05, 0.1) is 0 Å². The molecular formula is C10H10F2N2OS2. The van der Waals surface area contributed by atoms with E-state index in [1.165, 1.54) is 0 Å². The molecule has 0 amide bonds. The summed E-state index contributed by atoms with van der Waals surface area (Å²) in [6.45, 7) is 0. The summed E-state index contributed by atoms with van der Waals surface area (Å²) in [5, 5.41) is 8.95. The number of nitriles is 1. The van der Waals surface area contributed by atoms with E-state index in [9.17, 15) is 8.78 Å². The fourth-order valence-electron chi connectivity index (χ4n) is 1.76. The number of halogens is 2. The maximum absolute atomic E-state index is 12.2. The number of alkyl halides is 2. The highest BCUT2D eigenvalue weighted by Gasteiger charge is 2.23. The summed E-state index contributed by atoms with van der Waals surface area (Å²) in [6, 6.07) is 1.89. The van der Waals surface area contributed by atoms with Gasteiger partial charge in [-0.1, -0.05) is 0 Å². The quantitative estimate of drug-likeness (QED) is 0.787. The first kappa shape index (κ1) is 12.6. The van der Waals surface area contributed by atoms with Gasteiger partial charge in [-0.25, -0.2) is 0 Å². The third-order valence-corrected chi connectivity index (χ3v) is 4.25. The van der Waals surface area contributed by atoms with Gasteiger partial charge in [0, 0.05) is 0 Å². The van der Waals surface area contributed by atoms with Crippen LogP contribution in [-0.2, 0) is 0 Å². The van der Waals surface area contributed by atoms with Crippen LogP contribution >= 0.6 is 23.3 Å². The van der Waals surface area contributed by atoms with Gasteiger partial charge in [0.15, 0.2) is 0 Å². The lowest BCUT2D eigenvalue weighted by Gasteiger charge is -2.10. The molecule has 1 saturated carbocycles. The first-order valence-corrected chi connectivity index (χ1v) is 6.87. The molecule has 1 aliphatic rings. The number of rotatable bonds is 4.